The molecule has 1 aliphatic rings. The van der Waals surface area contributed by atoms with Crippen molar-refractivity contribution in [2.45, 2.75) is 12.3 Å². The minimum absolute atomic E-state index is 0.0615. The summed E-state index contributed by atoms with van der Waals surface area (Å²) in [7, 11) is 0. The van der Waals surface area contributed by atoms with Crippen LogP contribution in [0, 0.1) is 0 Å². The SMILES string of the molecule is C1=CC(c2ccc(-c3cccc4c3sc3ccccc34)cc2)NC(n2c3ccccc3c3cc(-c4cccc5c4sc4ccccc45)ccc32)N1. The molecular formula is C46H31N3S2. The summed E-state index contributed by atoms with van der Waals surface area (Å²) in [5.74, 6) is 0. The van der Waals surface area contributed by atoms with Crippen LogP contribution in [0.1, 0.15) is 17.9 Å². The fourth-order valence-corrected chi connectivity index (χ4v) is 10.6. The van der Waals surface area contributed by atoms with E-state index in [1.807, 2.05) is 22.7 Å². The van der Waals surface area contributed by atoms with E-state index in [4.69, 9.17) is 0 Å². The molecule has 1 aliphatic heterocycles. The summed E-state index contributed by atoms with van der Waals surface area (Å²) in [5.41, 5.74) is 8.72. The monoisotopic (exact) mass is 689 g/mol. The predicted octanol–water partition coefficient (Wildman–Crippen LogP) is 12.8. The Bertz CT molecular complexity index is 3000. The summed E-state index contributed by atoms with van der Waals surface area (Å²) >= 11 is 3.77. The van der Waals surface area contributed by atoms with Gasteiger partial charge in [0.05, 0.1) is 17.1 Å². The molecule has 51 heavy (non-hydrogen) atoms. The van der Waals surface area contributed by atoms with E-state index in [0.717, 1.165) is 0 Å². The Morgan fingerprint density at radius 3 is 1.75 bits per heavy atom. The molecule has 242 valence electrons. The number of hydrogen-bond acceptors (Lipinski definition) is 4. The first-order chi connectivity index (χ1) is 25.3. The van der Waals surface area contributed by atoms with Gasteiger partial charge in [-0.3, -0.25) is 5.32 Å². The summed E-state index contributed by atoms with van der Waals surface area (Å²) in [5, 5.41) is 15.4. The van der Waals surface area contributed by atoms with Crippen LogP contribution >= 0.6 is 22.7 Å². The number of nitrogens with one attached hydrogen (secondary N) is 2. The molecule has 0 bridgehead atoms. The van der Waals surface area contributed by atoms with E-state index in [1.165, 1.54) is 90.0 Å². The highest BCUT2D eigenvalue weighted by atomic mass is 32.1. The van der Waals surface area contributed by atoms with Crippen molar-refractivity contribution < 1.29 is 0 Å². The minimum atomic E-state index is -0.119. The molecule has 3 nitrogen and oxygen atoms in total. The van der Waals surface area contributed by atoms with E-state index in [-0.39, 0.29) is 12.3 Å². The van der Waals surface area contributed by atoms with Crippen LogP contribution in [0.25, 0.3) is 84.4 Å². The first kappa shape index (κ1) is 29.1. The highest BCUT2D eigenvalue weighted by Crippen LogP contribution is 2.43. The maximum absolute atomic E-state index is 3.92. The molecule has 0 saturated heterocycles. The zero-order valence-corrected chi connectivity index (χ0v) is 29.1. The summed E-state index contributed by atoms with van der Waals surface area (Å²) in [6.45, 7) is 0. The number of para-hydroxylation sites is 1. The zero-order chi connectivity index (χ0) is 33.5. The van der Waals surface area contributed by atoms with Gasteiger partial charge < -0.3 is 9.88 Å². The standard InChI is InChI=1S/C46H31N3S2/c1-4-16-40-33(9-1)38-27-30(32-13-8-15-37-35-11-3-6-18-43(35)51-45(32)37)23-24-41(38)49(40)46-47-26-25-39(48-46)29-21-19-28(20-22-29)31-12-7-14-36-34-10-2-5-17-42(34)50-44(31)36/h1-27,39,46-48H. The van der Waals surface area contributed by atoms with Crippen molar-refractivity contribution in [2.24, 2.45) is 0 Å². The van der Waals surface area contributed by atoms with Crippen molar-refractivity contribution >= 4 is 84.8 Å². The number of rotatable bonds is 4. The molecule has 3 aromatic heterocycles. The molecule has 0 aliphatic carbocycles. The third kappa shape index (κ3) is 4.52. The van der Waals surface area contributed by atoms with Crippen LogP contribution in [0.5, 0.6) is 0 Å². The summed E-state index contributed by atoms with van der Waals surface area (Å²) in [6, 6.07) is 55.8. The molecule has 2 unspecified atom stereocenters. The average molecular weight is 690 g/mol. The molecule has 5 heteroatoms. The molecule has 0 spiro atoms. The molecule has 4 heterocycles. The number of benzene rings is 7. The lowest BCUT2D eigenvalue weighted by Crippen LogP contribution is -2.40. The Labute approximate surface area is 302 Å². The van der Waals surface area contributed by atoms with Crippen LogP contribution in [-0.4, -0.2) is 4.57 Å². The van der Waals surface area contributed by atoms with Crippen molar-refractivity contribution in [2.75, 3.05) is 0 Å². The molecule has 11 rings (SSSR count). The minimum Gasteiger partial charge on any atom is -0.359 e. The first-order valence-corrected chi connectivity index (χ1v) is 19.0. The Morgan fingerprint density at radius 2 is 1.04 bits per heavy atom. The second-order valence-corrected chi connectivity index (χ2v) is 15.5. The lowest BCUT2D eigenvalue weighted by atomic mass is 9.99. The van der Waals surface area contributed by atoms with Crippen LogP contribution < -0.4 is 10.6 Å². The van der Waals surface area contributed by atoms with Crippen molar-refractivity contribution in [3.8, 4) is 22.3 Å². The van der Waals surface area contributed by atoms with Crippen LogP contribution in [0.4, 0.5) is 0 Å². The van der Waals surface area contributed by atoms with E-state index in [0.29, 0.717) is 0 Å². The lowest BCUT2D eigenvalue weighted by molar-refractivity contribution is 0.342. The molecular weight excluding hydrogens is 659 g/mol. The van der Waals surface area contributed by atoms with Gasteiger partial charge in [-0.05, 0) is 70.4 Å². The van der Waals surface area contributed by atoms with Crippen LogP contribution in [0.3, 0.4) is 0 Å². The van der Waals surface area contributed by atoms with E-state index in [9.17, 15) is 0 Å². The second kappa shape index (κ2) is 11.4. The van der Waals surface area contributed by atoms with Gasteiger partial charge in [-0.15, -0.1) is 22.7 Å². The van der Waals surface area contributed by atoms with Crippen LogP contribution in [0.15, 0.2) is 164 Å². The molecule has 2 N–H and O–H groups in total. The van der Waals surface area contributed by atoms with Crippen LogP contribution in [0.2, 0.25) is 0 Å². The van der Waals surface area contributed by atoms with Gasteiger partial charge in [-0.2, -0.15) is 0 Å². The quantitative estimate of drug-likeness (QED) is 0.193. The number of fused-ring (bicyclic) bond motifs is 9. The van der Waals surface area contributed by atoms with Gasteiger partial charge in [-0.25, -0.2) is 0 Å². The lowest BCUT2D eigenvalue weighted by Gasteiger charge is -2.31. The van der Waals surface area contributed by atoms with Gasteiger partial charge in [0.2, 0.25) is 0 Å². The summed E-state index contributed by atoms with van der Waals surface area (Å²) in [4.78, 5) is 0. The van der Waals surface area contributed by atoms with Crippen molar-refractivity contribution in [1.82, 2.24) is 15.2 Å². The normalized spacial score (nSPS) is 16.2. The number of nitrogens with zero attached hydrogens (tertiary/aromatic N) is 1. The van der Waals surface area contributed by atoms with Gasteiger partial charge >= 0.3 is 0 Å². The summed E-state index contributed by atoms with van der Waals surface area (Å²) < 4.78 is 7.78. The second-order valence-electron chi connectivity index (χ2n) is 13.4. The molecule has 0 saturated carbocycles. The Morgan fingerprint density at radius 1 is 0.471 bits per heavy atom. The van der Waals surface area contributed by atoms with E-state index in [1.54, 1.807) is 0 Å². The largest absolute Gasteiger partial charge is 0.359 e. The fraction of sp³-hybridized carbons (Fsp3) is 0.0435. The Hall–Kier alpha value is -5.72. The maximum Gasteiger partial charge on any atom is 0.160 e. The van der Waals surface area contributed by atoms with E-state index < -0.39 is 0 Å². The molecule has 0 radical (unpaired) electrons. The molecule has 10 aromatic rings. The summed E-state index contributed by atoms with van der Waals surface area (Å²) in [6.07, 6.45) is 4.20. The third-order valence-electron chi connectivity index (χ3n) is 10.5. The molecule has 0 amide bonds. The van der Waals surface area contributed by atoms with E-state index in [2.05, 4.69) is 179 Å². The van der Waals surface area contributed by atoms with Gasteiger partial charge in [0.15, 0.2) is 6.29 Å². The van der Waals surface area contributed by atoms with E-state index >= 15 is 0 Å². The third-order valence-corrected chi connectivity index (χ3v) is 13.0. The predicted molar refractivity (Wildman–Crippen MR) is 220 cm³/mol. The molecule has 7 aromatic carbocycles. The Kier molecular flexibility index (Phi) is 6.50. The number of hydrogen-bond donors (Lipinski definition) is 2. The van der Waals surface area contributed by atoms with Crippen molar-refractivity contribution in [3.05, 3.63) is 169 Å². The maximum atomic E-state index is 3.92. The molecule has 2 atom stereocenters. The highest BCUT2D eigenvalue weighted by molar-refractivity contribution is 7.26. The smallest absolute Gasteiger partial charge is 0.160 e. The van der Waals surface area contributed by atoms with Gasteiger partial charge in [0.25, 0.3) is 0 Å². The van der Waals surface area contributed by atoms with Gasteiger partial charge in [-0.1, -0.05) is 121 Å². The fourth-order valence-electron chi connectivity index (χ4n) is 8.14. The van der Waals surface area contributed by atoms with Crippen molar-refractivity contribution in [1.29, 1.82) is 0 Å². The number of aromatic nitrogens is 1. The van der Waals surface area contributed by atoms with Crippen LogP contribution in [-0.2, 0) is 0 Å². The Balaban J connectivity index is 0.952. The van der Waals surface area contributed by atoms with Gasteiger partial charge in [0, 0.05) is 51.1 Å². The first-order valence-electron chi connectivity index (χ1n) is 17.4. The van der Waals surface area contributed by atoms with Crippen molar-refractivity contribution in [3.63, 3.8) is 0 Å². The average Bonchev–Trinajstić information content (AvgIpc) is 3.87. The topological polar surface area (TPSA) is 29.0 Å². The highest BCUT2D eigenvalue weighted by Gasteiger charge is 2.24. The molecule has 0 fully saturated rings. The van der Waals surface area contributed by atoms with Gasteiger partial charge in [0.1, 0.15) is 0 Å². The number of thiophene rings is 2. The zero-order valence-electron chi connectivity index (χ0n) is 27.5.